The minimum absolute atomic E-state index is 0.159. The van der Waals surface area contributed by atoms with Gasteiger partial charge in [-0.2, -0.15) is 0 Å². The topological polar surface area (TPSA) is 62.7 Å². The number of hydrogen-bond donors (Lipinski definition) is 1. The van der Waals surface area contributed by atoms with Gasteiger partial charge in [0.1, 0.15) is 5.75 Å². The number of aliphatic carboxylic acids is 1. The molecule has 2 atom stereocenters. The second kappa shape index (κ2) is 11.1. The lowest BCUT2D eigenvalue weighted by Gasteiger charge is -2.36. The van der Waals surface area contributed by atoms with Crippen molar-refractivity contribution < 1.29 is 14.6 Å². The largest absolute Gasteiger partial charge is 0.497 e. The Labute approximate surface area is 195 Å². The molecule has 0 radical (unpaired) electrons. The fraction of sp³-hybridized carbons (Fsp3) is 0.357. The van der Waals surface area contributed by atoms with Crippen molar-refractivity contribution in [1.82, 2.24) is 9.88 Å². The fourth-order valence-electron chi connectivity index (χ4n) is 4.77. The van der Waals surface area contributed by atoms with Crippen LogP contribution in [0.1, 0.15) is 30.4 Å². The van der Waals surface area contributed by atoms with E-state index in [4.69, 9.17) is 4.74 Å². The molecule has 1 aliphatic heterocycles. The highest BCUT2D eigenvalue weighted by Gasteiger charge is 2.33. The number of carboxylic acid groups (broad SMARTS) is 1. The Hall–Kier alpha value is -3.18. The Morgan fingerprint density at radius 3 is 2.85 bits per heavy atom. The van der Waals surface area contributed by atoms with Gasteiger partial charge in [0.2, 0.25) is 0 Å². The van der Waals surface area contributed by atoms with Gasteiger partial charge < -0.3 is 14.7 Å². The van der Waals surface area contributed by atoms with Crippen LogP contribution in [0.2, 0.25) is 0 Å². The number of carboxylic acids is 1. The molecule has 0 unspecified atom stereocenters. The fourth-order valence-corrected chi connectivity index (χ4v) is 4.77. The summed E-state index contributed by atoms with van der Waals surface area (Å²) >= 11 is 0. The van der Waals surface area contributed by atoms with E-state index in [1.54, 1.807) is 7.11 Å². The number of nitrogens with zero attached hydrogens (tertiary/aromatic N) is 2. The summed E-state index contributed by atoms with van der Waals surface area (Å²) in [5.74, 6) is -0.0443. The quantitative estimate of drug-likeness (QED) is 0.485. The predicted molar refractivity (Wildman–Crippen MR) is 132 cm³/mol. The van der Waals surface area contributed by atoms with Gasteiger partial charge in [0, 0.05) is 18.1 Å². The van der Waals surface area contributed by atoms with Gasteiger partial charge in [0.05, 0.1) is 18.5 Å². The van der Waals surface area contributed by atoms with Gasteiger partial charge >= 0.3 is 5.97 Å². The molecule has 0 saturated carbocycles. The third-order valence-corrected chi connectivity index (χ3v) is 6.66. The standard InChI is InChI=1S/C28H32N2O3/c1-33-24-12-13-27-25(19-24)22(14-16-29-27)10-5-11-23-15-18-30(20-26(23)28(31)32)17-6-9-21-7-3-2-4-8-21/h2-5,7-8,10,12-14,16,19,23,26H,6,9,11,15,17-18,20H2,1H3,(H,31,32)/b10-5+/t23-,26+/m1/s1. The van der Waals surface area contributed by atoms with Gasteiger partial charge in [-0.3, -0.25) is 9.78 Å². The van der Waals surface area contributed by atoms with Gasteiger partial charge in [-0.15, -0.1) is 0 Å². The molecule has 2 aromatic carbocycles. The highest BCUT2D eigenvalue weighted by molar-refractivity contribution is 5.88. The number of ether oxygens (including phenoxy) is 1. The first-order valence-electron chi connectivity index (χ1n) is 11.7. The summed E-state index contributed by atoms with van der Waals surface area (Å²) in [7, 11) is 1.66. The Balaban J connectivity index is 1.35. The molecule has 4 rings (SSSR count). The number of carbonyl (C=O) groups is 1. The van der Waals surface area contributed by atoms with Crippen molar-refractivity contribution in [2.75, 3.05) is 26.7 Å². The van der Waals surface area contributed by atoms with E-state index in [9.17, 15) is 9.90 Å². The summed E-state index contributed by atoms with van der Waals surface area (Å²) in [5, 5.41) is 10.9. The predicted octanol–water partition coefficient (Wildman–Crippen LogP) is 5.30. The van der Waals surface area contributed by atoms with Crippen molar-refractivity contribution in [3.8, 4) is 5.75 Å². The number of methoxy groups -OCH3 is 1. The Morgan fingerprint density at radius 1 is 1.21 bits per heavy atom. The van der Waals surface area contributed by atoms with Crippen molar-refractivity contribution in [3.05, 3.63) is 78.0 Å². The summed E-state index contributed by atoms with van der Waals surface area (Å²) in [6.07, 6.45) is 9.79. The van der Waals surface area contributed by atoms with E-state index in [1.807, 2.05) is 36.5 Å². The normalized spacial score (nSPS) is 19.2. The van der Waals surface area contributed by atoms with Crippen LogP contribution in [0.15, 0.2) is 66.9 Å². The number of hydrogen-bond acceptors (Lipinski definition) is 4. The van der Waals surface area contributed by atoms with Crippen LogP contribution >= 0.6 is 0 Å². The highest BCUT2D eigenvalue weighted by Crippen LogP contribution is 2.29. The Morgan fingerprint density at radius 2 is 2.06 bits per heavy atom. The summed E-state index contributed by atoms with van der Waals surface area (Å²) in [5.41, 5.74) is 3.34. The summed E-state index contributed by atoms with van der Waals surface area (Å²) in [6.45, 7) is 2.55. The first kappa shape index (κ1) is 23.0. The van der Waals surface area contributed by atoms with Crippen LogP contribution in [0.25, 0.3) is 17.0 Å². The smallest absolute Gasteiger partial charge is 0.308 e. The molecule has 1 N–H and O–H groups in total. The third-order valence-electron chi connectivity index (χ3n) is 6.66. The average molecular weight is 445 g/mol. The van der Waals surface area contributed by atoms with Crippen molar-refractivity contribution in [3.63, 3.8) is 0 Å². The van der Waals surface area contributed by atoms with Crippen LogP contribution in [-0.2, 0) is 11.2 Å². The van der Waals surface area contributed by atoms with E-state index in [-0.39, 0.29) is 11.8 Å². The number of benzene rings is 2. The van der Waals surface area contributed by atoms with Gasteiger partial charge in [-0.05, 0) is 80.1 Å². The van der Waals surface area contributed by atoms with Crippen molar-refractivity contribution >= 4 is 22.9 Å². The van der Waals surface area contributed by atoms with E-state index in [0.29, 0.717) is 6.54 Å². The lowest BCUT2D eigenvalue weighted by atomic mass is 9.83. The average Bonchev–Trinajstić information content (AvgIpc) is 2.85. The van der Waals surface area contributed by atoms with Crippen LogP contribution in [0.3, 0.4) is 0 Å². The van der Waals surface area contributed by atoms with E-state index in [0.717, 1.165) is 61.0 Å². The van der Waals surface area contributed by atoms with Gasteiger partial charge in [0.25, 0.3) is 0 Å². The second-order valence-electron chi connectivity index (χ2n) is 8.80. The zero-order valence-electron chi connectivity index (χ0n) is 19.2. The third kappa shape index (κ3) is 5.99. The van der Waals surface area contributed by atoms with Crippen LogP contribution in [0, 0.1) is 11.8 Å². The zero-order valence-corrected chi connectivity index (χ0v) is 19.2. The maximum atomic E-state index is 12.0. The minimum atomic E-state index is -0.680. The number of fused-ring (bicyclic) bond motifs is 1. The van der Waals surface area contributed by atoms with Crippen LogP contribution < -0.4 is 4.74 Å². The maximum absolute atomic E-state index is 12.0. The number of aryl methyl sites for hydroxylation is 1. The number of allylic oxidation sites excluding steroid dienone is 1. The monoisotopic (exact) mass is 444 g/mol. The molecule has 2 heterocycles. The molecule has 0 spiro atoms. The number of likely N-dealkylation sites (tertiary alicyclic amines) is 1. The second-order valence-corrected chi connectivity index (χ2v) is 8.80. The number of aromatic nitrogens is 1. The minimum Gasteiger partial charge on any atom is -0.497 e. The number of rotatable bonds is 9. The van der Waals surface area contributed by atoms with Crippen LogP contribution in [-0.4, -0.2) is 47.7 Å². The zero-order chi connectivity index (χ0) is 23.0. The summed E-state index contributed by atoms with van der Waals surface area (Å²) in [4.78, 5) is 18.8. The first-order valence-corrected chi connectivity index (χ1v) is 11.7. The Bertz CT molecular complexity index is 1100. The van der Waals surface area contributed by atoms with Crippen molar-refractivity contribution in [2.45, 2.75) is 25.7 Å². The van der Waals surface area contributed by atoms with E-state index in [1.165, 1.54) is 5.56 Å². The van der Waals surface area contributed by atoms with Gasteiger partial charge in [0.15, 0.2) is 0 Å². The molecule has 1 fully saturated rings. The Kier molecular flexibility index (Phi) is 7.74. The van der Waals surface area contributed by atoms with Gasteiger partial charge in [-0.1, -0.05) is 42.5 Å². The summed E-state index contributed by atoms with van der Waals surface area (Å²) < 4.78 is 5.36. The van der Waals surface area contributed by atoms with Crippen molar-refractivity contribution in [1.29, 1.82) is 0 Å². The molecule has 33 heavy (non-hydrogen) atoms. The molecule has 0 bridgehead atoms. The van der Waals surface area contributed by atoms with E-state index in [2.05, 4.69) is 46.3 Å². The molecule has 1 aromatic heterocycles. The molecule has 0 amide bonds. The molecule has 172 valence electrons. The molecular weight excluding hydrogens is 412 g/mol. The molecule has 1 saturated heterocycles. The first-order chi connectivity index (χ1) is 16.1. The maximum Gasteiger partial charge on any atom is 0.308 e. The van der Waals surface area contributed by atoms with Crippen LogP contribution in [0.4, 0.5) is 0 Å². The van der Waals surface area contributed by atoms with Gasteiger partial charge in [-0.25, -0.2) is 0 Å². The summed E-state index contributed by atoms with van der Waals surface area (Å²) in [6, 6.07) is 18.3. The molecule has 5 nitrogen and oxygen atoms in total. The lowest BCUT2D eigenvalue weighted by molar-refractivity contribution is -0.146. The molecule has 5 heteroatoms. The molecule has 3 aromatic rings. The van der Waals surface area contributed by atoms with E-state index >= 15 is 0 Å². The van der Waals surface area contributed by atoms with Crippen LogP contribution in [0.5, 0.6) is 5.75 Å². The van der Waals surface area contributed by atoms with E-state index < -0.39 is 5.97 Å². The SMILES string of the molecule is COc1ccc2nccc(/C=C/C[C@@H]3CCN(CCCc4ccccc4)C[C@@H]3C(=O)O)c2c1. The highest BCUT2D eigenvalue weighted by atomic mass is 16.5. The number of pyridine rings is 1. The molecular formula is C28H32N2O3. The molecule has 0 aliphatic carbocycles. The lowest BCUT2D eigenvalue weighted by Crippen LogP contribution is -2.44. The number of piperidine rings is 1. The molecule has 1 aliphatic rings. The van der Waals surface area contributed by atoms with Crippen molar-refractivity contribution in [2.24, 2.45) is 11.8 Å².